The number of benzene rings is 1. The minimum absolute atomic E-state index is 0.140. The Bertz CT molecular complexity index is 607. The molecule has 0 aromatic heterocycles. The maximum atomic E-state index is 12.6. The first kappa shape index (κ1) is 15.9. The van der Waals surface area contributed by atoms with E-state index in [4.69, 9.17) is 9.57 Å². The summed E-state index contributed by atoms with van der Waals surface area (Å²) in [5.74, 6) is -0.155. The minimum Gasteiger partial charge on any atom is -0.441 e. The van der Waals surface area contributed by atoms with E-state index in [2.05, 4.69) is 12.2 Å². The average Bonchev–Trinajstić information content (AvgIpc) is 2.64. The number of ether oxygens (including phenoxy) is 1. The summed E-state index contributed by atoms with van der Waals surface area (Å²) in [6.45, 7) is 0. The van der Waals surface area contributed by atoms with Crippen LogP contribution in [0.3, 0.4) is 0 Å². The van der Waals surface area contributed by atoms with Crippen LogP contribution in [0, 0.1) is 0 Å². The minimum atomic E-state index is -0.585. The van der Waals surface area contributed by atoms with Gasteiger partial charge in [0, 0.05) is 12.8 Å². The summed E-state index contributed by atoms with van der Waals surface area (Å²) in [6, 6.07) is 10.0. The molecule has 4 aliphatic rings. The number of carbonyl (C=O) groups is 1. The van der Waals surface area contributed by atoms with Crippen molar-refractivity contribution in [2.45, 2.75) is 69.2 Å². The Morgan fingerprint density at radius 1 is 1.12 bits per heavy atom. The van der Waals surface area contributed by atoms with E-state index in [9.17, 15) is 4.79 Å². The van der Waals surface area contributed by atoms with Crippen molar-refractivity contribution in [2.75, 3.05) is 0 Å². The highest BCUT2D eigenvalue weighted by atomic mass is 16.7. The van der Waals surface area contributed by atoms with E-state index in [1.807, 2.05) is 35.4 Å². The van der Waals surface area contributed by atoms with E-state index in [-0.39, 0.29) is 18.1 Å². The largest absolute Gasteiger partial charge is 0.441 e. The van der Waals surface area contributed by atoms with Crippen LogP contribution in [0.15, 0.2) is 42.5 Å². The van der Waals surface area contributed by atoms with E-state index in [0.29, 0.717) is 6.42 Å². The second kappa shape index (κ2) is 6.69. The van der Waals surface area contributed by atoms with Crippen LogP contribution in [0.25, 0.3) is 0 Å². The predicted octanol–water partition coefficient (Wildman–Crippen LogP) is 3.77. The lowest BCUT2D eigenvalue weighted by atomic mass is 9.88. The zero-order valence-electron chi connectivity index (χ0n) is 14.0. The van der Waals surface area contributed by atoms with Gasteiger partial charge in [-0.25, -0.2) is 0 Å². The summed E-state index contributed by atoms with van der Waals surface area (Å²) in [7, 11) is 0. The van der Waals surface area contributed by atoms with Crippen LogP contribution in [-0.4, -0.2) is 28.9 Å². The third-order valence-corrected chi connectivity index (χ3v) is 5.38. The van der Waals surface area contributed by atoms with Gasteiger partial charge in [0.1, 0.15) is 0 Å². The molecule has 128 valence electrons. The molecule has 0 radical (unpaired) electrons. The Kier molecular flexibility index (Phi) is 4.42. The molecule has 2 bridgehead atoms. The Labute approximate surface area is 143 Å². The highest BCUT2D eigenvalue weighted by Crippen LogP contribution is 2.42. The van der Waals surface area contributed by atoms with Crippen LogP contribution in [-0.2, 0) is 20.8 Å². The Balaban J connectivity index is 1.51. The van der Waals surface area contributed by atoms with Gasteiger partial charge in [-0.1, -0.05) is 48.9 Å². The molecule has 5 rings (SSSR count). The Hall–Kier alpha value is -1.65. The number of esters is 1. The van der Waals surface area contributed by atoms with Crippen molar-refractivity contribution in [3.05, 3.63) is 48.0 Å². The van der Waals surface area contributed by atoms with Crippen LogP contribution in [0.4, 0.5) is 0 Å². The van der Waals surface area contributed by atoms with Crippen LogP contribution >= 0.6 is 0 Å². The summed E-state index contributed by atoms with van der Waals surface area (Å²) < 4.78 is 6.10. The van der Waals surface area contributed by atoms with E-state index in [1.165, 1.54) is 6.42 Å². The third-order valence-electron chi connectivity index (χ3n) is 5.38. The summed E-state index contributed by atoms with van der Waals surface area (Å²) in [4.78, 5) is 18.8. The summed E-state index contributed by atoms with van der Waals surface area (Å²) in [6.07, 6.45) is 12.1. The van der Waals surface area contributed by atoms with E-state index >= 15 is 0 Å². The highest BCUT2D eigenvalue weighted by molar-refractivity contribution is 5.73. The topological polar surface area (TPSA) is 38.8 Å². The maximum Gasteiger partial charge on any atom is 0.312 e. The van der Waals surface area contributed by atoms with E-state index in [0.717, 1.165) is 44.1 Å². The first-order valence-electron chi connectivity index (χ1n) is 9.15. The predicted molar refractivity (Wildman–Crippen MR) is 90.9 cm³/mol. The van der Waals surface area contributed by atoms with Gasteiger partial charge in [0.25, 0.3) is 0 Å². The fourth-order valence-corrected chi connectivity index (χ4v) is 4.17. The molecule has 24 heavy (non-hydrogen) atoms. The molecule has 0 spiro atoms. The van der Waals surface area contributed by atoms with Crippen LogP contribution in [0.5, 0.6) is 0 Å². The van der Waals surface area contributed by atoms with Crippen molar-refractivity contribution in [1.29, 1.82) is 0 Å². The average molecular weight is 327 g/mol. The summed E-state index contributed by atoms with van der Waals surface area (Å²) in [5, 5.41) is 2.02. The van der Waals surface area contributed by atoms with Gasteiger partial charge in [-0.05, 0) is 31.2 Å². The van der Waals surface area contributed by atoms with E-state index in [1.54, 1.807) is 0 Å². The number of fused-ring (bicyclic) bond motifs is 2. The molecule has 2 atom stereocenters. The molecule has 4 nitrogen and oxygen atoms in total. The van der Waals surface area contributed by atoms with Gasteiger partial charge in [0.15, 0.2) is 5.72 Å². The zero-order valence-corrected chi connectivity index (χ0v) is 14.0. The Morgan fingerprint density at radius 3 is 2.54 bits per heavy atom. The first-order chi connectivity index (χ1) is 11.8. The summed E-state index contributed by atoms with van der Waals surface area (Å²) >= 11 is 0. The van der Waals surface area contributed by atoms with Crippen molar-refractivity contribution in [2.24, 2.45) is 0 Å². The molecule has 2 heterocycles. The number of rotatable bonds is 4. The van der Waals surface area contributed by atoms with Crippen molar-refractivity contribution in [3.63, 3.8) is 0 Å². The second-order valence-corrected chi connectivity index (χ2v) is 7.14. The Morgan fingerprint density at radius 2 is 1.92 bits per heavy atom. The van der Waals surface area contributed by atoms with Gasteiger partial charge in [-0.15, -0.1) is 5.06 Å². The number of nitrogens with zero attached hydrogens (tertiary/aromatic N) is 1. The highest BCUT2D eigenvalue weighted by Gasteiger charge is 2.49. The SMILES string of the molecule is O=C(Cc1ccccc1)OC1(N2OC3C=CC2CC3)CCCCC1. The fourth-order valence-electron chi connectivity index (χ4n) is 4.17. The van der Waals surface area contributed by atoms with Crippen molar-refractivity contribution >= 4 is 5.97 Å². The molecular weight excluding hydrogens is 302 g/mol. The number of hydrogen-bond donors (Lipinski definition) is 0. The molecule has 2 unspecified atom stereocenters. The normalized spacial score (nSPS) is 28.7. The van der Waals surface area contributed by atoms with Crippen molar-refractivity contribution in [1.82, 2.24) is 5.06 Å². The maximum absolute atomic E-state index is 12.6. The molecule has 1 aromatic rings. The van der Waals surface area contributed by atoms with Crippen LogP contribution in [0.2, 0.25) is 0 Å². The molecule has 1 aromatic carbocycles. The smallest absolute Gasteiger partial charge is 0.312 e. The molecule has 2 aliphatic carbocycles. The quantitative estimate of drug-likeness (QED) is 0.623. The lowest BCUT2D eigenvalue weighted by molar-refractivity contribution is -0.349. The van der Waals surface area contributed by atoms with Crippen molar-refractivity contribution in [3.8, 4) is 0 Å². The van der Waals surface area contributed by atoms with E-state index < -0.39 is 5.72 Å². The number of hydroxylamine groups is 2. The third kappa shape index (κ3) is 3.13. The summed E-state index contributed by atoms with van der Waals surface area (Å²) in [5.41, 5.74) is 0.410. The van der Waals surface area contributed by atoms with Crippen LogP contribution in [0.1, 0.15) is 50.5 Å². The monoisotopic (exact) mass is 327 g/mol. The molecule has 1 saturated heterocycles. The number of hydrogen-bond acceptors (Lipinski definition) is 4. The molecule has 2 aliphatic heterocycles. The molecule has 2 fully saturated rings. The van der Waals surface area contributed by atoms with Crippen molar-refractivity contribution < 1.29 is 14.4 Å². The van der Waals surface area contributed by atoms with Gasteiger partial charge in [0.05, 0.1) is 18.6 Å². The van der Waals surface area contributed by atoms with Gasteiger partial charge in [0.2, 0.25) is 0 Å². The molecular formula is C20H25NO3. The molecule has 0 amide bonds. The zero-order chi connectivity index (χ0) is 16.4. The lowest BCUT2D eigenvalue weighted by Gasteiger charge is -2.51. The molecule has 4 heteroatoms. The first-order valence-corrected chi connectivity index (χ1v) is 9.15. The number of carbonyl (C=O) groups excluding carboxylic acids is 1. The lowest BCUT2D eigenvalue weighted by Crippen LogP contribution is -2.60. The van der Waals surface area contributed by atoms with Gasteiger partial charge in [-0.2, -0.15) is 0 Å². The fraction of sp³-hybridized carbons (Fsp3) is 0.550. The molecule has 0 N–H and O–H groups in total. The van der Waals surface area contributed by atoms with Gasteiger partial charge in [-0.3, -0.25) is 9.63 Å². The standard InChI is InChI=1S/C20H25NO3/c22-19(15-16-7-3-1-4-8-16)23-20(13-5-2-6-14-20)21-17-9-11-18(24-21)12-10-17/h1,3-4,7-9,11,17-18H,2,5-6,10,12-15H2. The second-order valence-electron chi connectivity index (χ2n) is 7.14. The molecule has 1 saturated carbocycles. The van der Waals surface area contributed by atoms with Gasteiger partial charge < -0.3 is 4.74 Å². The van der Waals surface area contributed by atoms with Gasteiger partial charge >= 0.3 is 5.97 Å². The van der Waals surface area contributed by atoms with Crippen LogP contribution < -0.4 is 0 Å².